The quantitative estimate of drug-likeness (QED) is 0.719. The monoisotopic (exact) mass is 216 g/mol. The van der Waals surface area contributed by atoms with E-state index in [4.69, 9.17) is 0 Å². The maximum absolute atomic E-state index is 4.41. The fourth-order valence-electron chi connectivity index (χ4n) is 1.70. The van der Waals surface area contributed by atoms with Crippen LogP contribution < -0.4 is 0 Å². The van der Waals surface area contributed by atoms with Gasteiger partial charge in [0.05, 0.1) is 0 Å². The van der Waals surface area contributed by atoms with E-state index in [2.05, 4.69) is 68.9 Å². The maximum Gasteiger partial charge on any atom is -0.000583 e. The molecule has 0 heterocycles. The summed E-state index contributed by atoms with van der Waals surface area (Å²) in [7, 11) is 0. The molecule has 0 atom stereocenters. The van der Waals surface area contributed by atoms with Crippen LogP contribution in [0.1, 0.15) is 19.4 Å². The Hall–Kier alpha value is -0.950. The van der Waals surface area contributed by atoms with Crippen LogP contribution in [0.2, 0.25) is 0 Å². The predicted molar refractivity (Wildman–Crippen MR) is 70.8 cm³/mol. The molecule has 1 heteroatoms. The van der Waals surface area contributed by atoms with Crippen LogP contribution in [-0.2, 0) is 5.41 Å². The van der Waals surface area contributed by atoms with Crippen molar-refractivity contribution in [1.82, 2.24) is 0 Å². The van der Waals surface area contributed by atoms with Gasteiger partial charge in [0.1, 0.15) is 0 Å². The number of rotatable bonds is 2. The number of thiol groups is 1. The molecular weight excluding hydrogens is 200 g/mol. The molecule has 0 N–H and O–H groups in total. The second-order valence-corrected chi connectivity index (χ2v) is 4.92. The van der Waals surface area contributed by atoms with Gasteiger partial charge in [-0.1, -0.05) is 56.3 Å². The highest BCUT2D eigenvalue weighted by Gasteiger charge is 2.18. The summed E-state index contributed by atoms with van der Waals surface area (Å²) in [6.07, 6.45) is 0. The summed E-state index contributed by atoms with van der Waals surface area (Å²) in [4.78, 5) is 0. The topological polar surface area (TPSA) is 0 Å². The summed E-state index contributed by atoms with van der Waals surface area (Å²) in [6, 6.07) is 15.1. The van der Waals surface area contributed by atoms with E-state index in [9.17, 15) is 0 Å². The lowest BCUT2D eigenvalue weighted by molar-refractivity contribution is 0.605. The minimum absolute atomic E-state index is 0.146. The first-order valence-corrected chi connectivity index (χ1v) is 5.87. The first kappa shape index (κ1) is 10.6. The summed E-state index contributed by atoms with van der Waals surface area (Å²) in [5.41, 5.74) is 1.50. The molecule has 0 nitrogen and oxygen atoms in total. The van der Waals surface area contributed by atoms with Gasteiger partial charge in [0.2, 0.25) is 0 Å². The van der Waals surface area contributed by atoms with Gasteiger partial charge in [-0.15, -0.1) is 0 Å². The Morgan fingerprint density at radius 2 is 1.67 bits per heavy atom. The van der Waals surface area contributed by atoms with Crippen LogP contribution in [0.25, 0.3) is 10.8 Å². The smallest absolute Gasteiger partial charge is 0.000583 e. The van der Waals surface area contributed by atoms with Gasteiger partial charge in [0.15, 0.2) is 0 Å². The normalized spacial score (nSPS) is 11.9. The van der Waals surface area contributed by atoms with Crippen molar-refractivity contribution in [3.05, 3.63) is 48.0 Å². The molecule has 0 aliphatic heterocycles. The van der Waals surface area contributed by atoms with Crippen LogP contribution in [0, 0.1) is 0 Å². The molecule has 0 amide bonds. The van der Waals surface area contributed by atoms with Crippen LogP contribution in [0.4, 0.5) is 0 Å². The molecule has 2 aromatic carbocycles. The lowest BCUT2D eigenvalue weighted by atomic mass is 9.85. The van der Waals surface area contributed by atoms with Crippen molar-refractivity contribution < 1.29 is 0 Å². The average molecular weight is 216 g/mol. The van der Waals surface area contributed by atoms with E-state index in [-0.39, 0.29) is 5.41 Å². The SMILES string of the molecule is CC(C)(CS)c1ccc2ccccc2c1. The van der Waals surface area contributed by atoms with E-state index < -0.39 is 0 Å². The fourth-order valence-corrected chi connectivity index (χ4v) is 1.88. The Morgan fingerprint density at radius 1 is 1.00 bits per heavy atom. The van der Waals surface area contributed by atoms with Crippen LogP contribution in [0.3, 0.4) is 0 Å². The Morgan fingerprint density at radius 3 is 2.33 bits per heavy atom. The molecule has 0 unspecified atom stereocenters. The van der Waals surface area contributed by atoms with Crippen LogP contribution >= 0.6 is 12.6 Å². The van der Waals surface area contributed by atoms with Crippen molar-refractivity contribution in [3.63, 3.8) is 0 Å². The molecule has 78 valence electrons. The van der Waals surface area contributed by atoms with Crippen molar-refractivity contribution in [3.8, 4) is 0 Å². The highest BCUT2D eigenvalue weighted by molar-refractivity contribution is 7.80. The summed E-state index contributed by atoms with van der Waals surface area (Å²) in [5.74, 6) is 0.866. The van der Waals surface area contributed by atoms with Crippen LogP contribution in [0.5, 0.6) is 0 Å². The second-order valence-electron chi connectivity index (χ2n) is 4.60. The molecule has 2 aromatic rings. The van der Waals surface area contributed by atoms with Gasteiger partial charge in [-0.2, -0.15) is 12.6 Å². The average Bonchev–Trinajstić information content (AvgIpc) is 2.28. The zero-order valence-electron chi connectivity index (χ0n) is 9.20. The van der Waals surface area contributed by atoms with Gasteiger partial charge in [-0.25, -0.2) is 0 Å². The van der Waals surface area contributed by atoms with E-state index in [1.54, 1.807) is 0 Å². The molecule has 0 bridgehead atoms. The van der Waals surface area contributed by atoms with E-state index in [1.807, 2.05) is 0 Å². The van der Waals surface area contributed by atoms with Crippen LogP contribution in [0.15, 0.2) is 42.5 Å². The maximum atomic E-state index is 4.41. The second kappa shape index (κ2) is 3.90. The van der Waals surface area contributed by atoms with Crippen LogP contribution in [-0.4, -0.2) is 5.75 Å². The Labute approximate surface area is 96.7 Å². The molecule has 0 radical (unpaired) electrons. The zero-order valence-corrected chi connectivity index (χ0v) is 10.1. The first-order valence-electron chi connectivity index (χ1n) is 5.24. The Balaban J connectivity index is 2.56. The van der Waals surface area contributed by atoms with E-state index in [0.29, 0.717) is 0 Å². The first-order chi connectivity index (χ1) is 7.13. The molecule has 0 aliphatic rings. The summed E-state index contributed by atoms with van der Waals surface area (Å²) >= 11 is 4.41. The Bertz CT molecular complexity index is 471. The molecule has 15 heavy (non-hydrogen) atoms. The van der Waals surface area contributed by atoms with Gasteiger partial charge < -0.3 is 0 Å². The number of fused-ring (bicyclic) bond motifs is 1. The zero-order chi connectivity index (χ0) is 10.9. The molecule has 0 saturated carbocycles. The van der Waals surface area contributed by atoms with Crippen molar-refractivity contribution in [2.24, 2.45) is 0 Å². The standard InChI is InChI=1S/C14H16S/c1-14(2,10-15)13-8-7-11-5-3-4-6-12(11)9-13/h3-9,15H,10H2,1-2H3. The number of hydrogen-bond acceptors (Lipinski definition) is 1. The summed E-state index contributed by atoms with van der Waals surface area (Å²) in [6.45, 7) is 4.45. The molecule has 0 aromatic heterocycles. The molecule has 0 spiro atoms. The number of benzene rings is 2. The van der Waals surface area contributed by atoms with Gasteiger partial charge in [-0.05, 0) is 27.5 Å². The molecule has 0 saturated heterocycles. The molecule has 0 fully saturated rings. The lowest BCUT2D eigenvalue weighted by Crippen LogP contribution is -2.18. The third-order valence-electron chi connectivity index (χ3n) is 2.93. The van der Waals surface area contributed by atoms with Crippen molar-refractivity contribution in [1.29, 1.82) is 0 Å². The fraction of sp³-hybridized carbons (Fsp3) is 0.286. The molecule has 0 aliphatic carbocycles. The number of hydrogen-bond donors (Lipinski definition) is 1. The Kier molecular flexibility index (Phi) is 2.74. The lowest BCUT2D eigenvalue weighted by Gasteiger charge is -2.23. The van der Waals surface area contributed by atoms with E-state index in [1.165, 1.54) is 16.3 Å². The summed E-state index contributed by atoms with van der Waals surface area (Å²) in [5, 5.41) is 2.61. The van der Waals surface area contributed by atoms with Gasteiger partial charge in [0.25, 0.3) is 0 Å². The van der Waals surface area contributed by atoms with Crippen molar-refractivity contribution in [2.75, 3.05) is 5.75 Å². The predicted octanol–water partition coefficient (Wildman–Crippen LogP) is 4.05. The molecular formula is C14H16S. The minimum atomic E-state index is 0.146. The summed E-state index contributed by atoms with van der Waals surface area (Å²) < 4.78 is 0. The minimum Gasteiger partial charge on any atom is -0.178 e. The van der Waals surface area contributed by atoms with Gasteiger partial charge >= 0.3 is 0 Å². The third-order valence-corrected chi connectivity index (χ3v) is 3.72. The highest BCUT2D eigenvalue weighted by Crippen LogP contribution is 2.27. The van der Waals surface area contributed by atoms with E-state index in [0.717, 1.165) is 5.75 Å². The highest BCUT2D eigenvalue weighted by atomic mass is 32.1. The third kappa shape index (κ3) is 2.03. The van der Waals surface area contributed by atoms with E-state index >= 15 is 0 Å². The largest absolute Gasteiger partial charge is 0.178 e. The van der Waals surface area contributed by atoms with Gasteiger partial charge in [-0.3, -0.25) is 0 Å². The van der Waals surface area contributed by atoms with Crippen molar-refractivity contribution >= 4 is 23.4 Å². The van der Waals surface area contributed by atoms with Gasteiger partial charge in [0, 0.05) is 0 Å². The molecule has 2 rings (SSSR count). The van der Waals surface area contributed by atoms with Crippen molar-refractivity contribution in [2.45, 2.75) is 19.3 Å².